The minimum Gasteiger partial charge on any atom is -0.465 e. The van der Waals surface area contributed by atoms with E-state index in [1.807, 2.05) is 6.92 Å². The number of ether oxygens (including phenoxy) is 1. The second-order valence-electron chi connectivity index (χ2n) is 2.73. The Labute approximate surface area is 65.7 Å². The molecule has 3 heteroatoms. The van der Waals surface area contributed by atoms with Crippen LogP contribution < -0.4 is 0 Å². The number of ketones is 1. The Morgan fingerprint density at radius 2 is 2.45 bits per heavy atom. The van der Waals surface area contributed by atoms with Crippen LogP contribution in [-0.4, -0.2) is 18.4 Å². The number of hydrogen-bond donors (Lipinski definition) is 0. The van der Waals surface area contributed by atoms with Crippen LogP contribution >= 0.6 is 0 Å². The summed E-state index contributed by atoms with van der Waals surface area (Å²) in [6.45, 7) is 2.36. The van der Waals surface area contributed by atoms with Crippen LogP contribution in [0.1, 0.15) is 26.2 Å². The van der Waals surface area contributed by atoms with Crippen molar-refractivity contribution in [3.63, 3.8) is 0 Å². The Bertz CT molecular complexity index is 174. The van der Waals surface area contributed by atoms with Gasteiger partial charge in [0.2, 0.25) is 0 Å². The molecule has 1 saturated carbocycles. The van der Waals surface area contributed by atoms with Gasteiger partial charge < -0.3 is 4.74 Å². The lowest BCUT2D eigenvalue weighted by Gasteiger charge is -2.21. The van der Waals surface area contributed by atoms with Crippen molar-refractivity contribution in [2.24, 2.45) is 5.92 Å². The van der Waals surface area contributed by atoms with Gasteiger partial charge in [-0.1, -0.05) is 6.92 Å². The van der Waals surface area contributed by atoms with Gasteiger partial charge in [0.15, 0.2) is 0 Å². The summed E-state index contributed by atoms with van der Waals surface area (Å²) in [5, 5.41) is 0. The average Bonchev–Trinajstić information content (AvgIpc) is 1.98. The molecule has 11 heavy (non-hydrogen) atoms. The maximum Gasteiger partial charge on any atom is 0.316 e. The molecule has 1 aliphatic rings. The van der Waals surface area contributed by atoms with Gasteiger partial charge in [-0.2, -0.15) is 0 Å². The minimum absolute atomic E-state index is 0.0334. The molecule has 3 nitrogen and oxygen atoms in total. The van der Waals surface area contributed by atoms with Gasteiger partial charge in [-0.25, -0.2) is 0 Å². The largest absolute Gasteiger partial charge is 0.465 e. The average molecular weight is 156 g/mol. The quantitative estimate of drug-likeness (QED) is 0.450. The second kappa shape index (κ2) is 3.51. The van der Waals surface area contributed by atoms with E-state index < -0.39 is 5.92 Å². The van der Waals surface area contributed by atoms with Gasteiger partial charge in [0, 0.05) is 6.42 Å². The van der Waals surface area contributed by atoms with Crippen molar-refractivity contribution in [2.75, 3.05) is 6.61 Å². The van der Waals surface area contributed by atoms with E-state index in [1.54, 1.807) is 0 Å². The summed E-state index contributed by atoms with van der Waals surface area (Å²) in [5.74, 6) is -0.726. The fraction of sp³-hybridized carbons (Fsp3) is 0.750. The highest BCUT2D eigenvalue weighted by atomic mass is 16.5. The summed E-state index contributed by atoms with van der Waals surface area (Å²) in [4.78, 5) is 21.7. The maximum absolute atomic E-state index is 11.0. The van der Waals surface area contributed by atoms with E-state index in [-0.39, 0.29) is 11.8 Å². The summed E-state index contributed by atoms with van der Waals surface area (Å²) in [6, 6.07) is 0. The molecule has 0 spiro atoms. The molecule has 0 aromatic rings. The normalized spacial score (nSPS) is 22.6. The van der Waals surface area contributed by atoms with Gasteiger partial charge in [-0.05, 0) is 12.8 Å². The summed E-state index contributed by atoms with van der Waals surface area (Å²) in [6.07, 6.45) is 2.04. The summed E-state index contributed by atoms with van der Waals surface area (Å²) in [7, 11) is 0. The number of Topliss-reactive ketones (excluding diaryl/α,β-unsaturated/α-hetero) is 1. The number of carbonyl (C=O) groups excluding carboxylic acids is 2. The third-order valence-electron chi connectivity index (χ3n) is 1.80. The van der Waals surface area contributed by atoms with Crippen LogP contribution in [0.2, 0.25) is 0 Å². The Hall–Kier alpha value is -0.860. The standard InChI is InChI=1S/C8H12O3/c1-2-5-11-8(10)6-3-4-7(6)9/h6H,2-5H2,1H3/t6-/m0/s1. The molecule has 0 unspecified atom stereocenters. The van der Waals surface area contributed by atoms with E-state index in [9.17, 15) is 9.59 Å². The highest BCUT2D eigenvalue weighted by Crippen LogP contribution is 2.23. The molecule has 0 aromatic heterocycles. The van der Waals surface area contributed by atoms with Gasteiger partial charge in [0.1, 0.15) is 11.7 Å². The van der Waals surface area contributed by atoms with Crippen LogP contribution in [0.3, 0.4) is 0 Å². The first-order chi connectivity index (χ1) is 5.25. The minimum atomic E-state index is -0.429. The SMILES string of the molecule is CCCOC(=O)[C@H]1CCC1=O. The molecule has 1 fully saturated rings. The zero-order chi connectivity index (χ0) is 8.27. The van der Waals surface area contributed by atoms with Gasteiger partial charge in [0.05, 0.1) is 6.61 Å². The number of rotatable bonds is 3. The molecule has 1 rings (SSSR count). The Balaban J connectivity index is 2.24. The van der Waals surface area contributed by atoms with E-state index in [4.69, 9.17) is 4.74 Å². The molecule has 0 amide bonds. The summed E-state index contributed by atoms with van der Waals surface area (Å²) in [5.41, 5.74) is 0. The summed E-state index contributed by atoms with van der Waals surface area (Å²) < 4.78 is 4.81. The predicted molar refractivity (Wildman–Crippen MR) is 39.0 cm³/mol. The smallest absolute Gasteiger partial charge is 0.316 e. The molecule has 0 saturated heterocycles. The van der Waals surface area contributed by atoms with Crippen molar-refractivity contribution in [3.8, 4) is 0 Å². The lowest BCUT2D eigenvalue weighted by Crippen LogP contribution is -2.34. The van der Waals surface area contributed by atoms with Crippen molar-refractivity contribution < 1.29 is 14.3 Å². The van der Waals surface area contributed by atoms with Gasteiger partial charge in [-0.3, -0.25) is 9.59 Å². The number of carbonyl (C=O) groups is 2. The van der Waals surface area contributed by atoms with Crippen LogP contribution in [0.5, 0.6) is 0 Å². The third-order valence-corrected chi connectivity index (χ3v) is 1.80. The Morgan fingerprint density at radius 3 is 2.82 bits per heavy atom. The van der Waals surface area contributed by atoms with Crippen LogP contribution in [0, 0.1) is 5.92 Å². The highest BCUT2D eigenvalue weighted by molar-refractivity contribution is 6.03. The molecule has 1 aliphatic carbocycles. The monoisotopic (exact) mass is 156 g/mol. The summed E-state index contributed by atoms with van der Waals surface area (Å²) >= 11 is 0. The first-order valence-corrected chi connectivity index (χ1v) is 3.95. The maximum atomic E-state index is 11.0. The van der Waals surface area contributed by atoms with Crippen LogP contribution in [0.4, 0.5) is 0 Å². The molecule has 0 heterocycles. The first-order valence-electron chi connectivity index (χ1n) is 3.95. The predicted octanol–water partition coefficient (Wildman–Crippen LogP) is 0.919. The lowest BCUT2D eigenvalue weighted by molar-refractivity contribution is -0.156. The number of esters is 1. The van der Waals surface area contributed by atoms with Crippen molar-refractivity contribution in [2.45, 2.75) is 26.2 Å². The van der Waals surface area contributed by atoms with Crippen molar-refractivity contribution in [1.29, 1.82) is 0 Å². The molecular weight excluding hydrogens is 144 g/mol. The Morgan fingerprint density at radius 1 is 1.73 bits per heavy atom. The van der Waals surface area contributed by atoms with E-state index in [0.717, 1.165) is 6.42 Å². The molecule has 0 radical (unpaired) electrons. The molecule has 0 bridgehead atoms. The van der Waals surface area contributed by atoms with Gasteiger partial charge in [0.25, 0.3) is 0 Å². The van der Waals surface area contributed by atoms with Crippen LogP contribution in [0.25, 0.3) is 0 Å². The topological polar surface area (TPSA) is 43.4 Å². The highest BCUT2D eigenvalue weighted by Gasteiger charge is 2.35. The third kappa shape index (κ3) is 1.79. The molecular formula is C8H12O3. The van der Waals surface area contributed by atoms with Gasteiger partial charge >= 0.3 is 5.97 Å². The Kier molecular flexibility index (Phi) is 2.63. The first kappa shape index (κ1) is 8.24. The van der Waals surface area contributed by atoms with Crippen molar-refractivity contribution in [3.05, 3.63) is 0 Å². The molecule has 0 aromatic carbocycles. The van der Waals surface area contributed by atoms with Crippen molar-refractivity contribution in [1.82, 2.24) is 0 Å². The van der Waals surface area contributed by atoms with E-state index in [2.05, 4.69) is 0 Å². The number of hydrogen-bond acceptors (Lipinski definition) is 3. The molecule has 62 valence electrons. The zero-order valence-corrected chi connectivity index (χ0v) is 6.63. The van der Waals surface area contributed by atoms with E-state index in [1.165, 1.54) is 0 Å². The van der Waals surface area contributed by atoms with Crippen molar-refractivity contribution >= 4 is 11.8 Å². The fourth-order valence-electron chi connectivity index (χ4n) is 0.959. The fourth-order valence-corrected chi connectivity index (χ4v) is 0.959. The van der Waals surface area contributed by atoms with Crippen LogP contribution in [0.15, 0.2) is 0 Å². The van der Waals surface area contributed by atoms with E-state index >= 15 is 0 Å². The molecule has 0 N–H and O–H groups in total. The molecule has 1 atom stereocenters. The van der Waals surface area contributed by atoms with Crippen LogP contribution in [-0.2, 0) is 14.3 Å². The second-order valence-corrected chi connectivity index (χ2v) is 2.73. The molecule has 0 aliphatic heterocycles. The van der Waals surface area contributed by atoms with E-state index in [0.29, 0.717) is 19.4 Å². The van der Waals surface area contributed by atoms with Gasteiger partial charge in [-0.15, -0.1) is 0 Å². The lowest BCUT2D eigenvalue weighted by atomic mass is 9.84. The zero-order valence-electron chi connectivity index (χ0n) is 6.63.